The Kier molecular flexibility index (Phi) is 6.24. The fraction of sp³-hybridized carbons (Fsp3) is 0.333. The normalized spacial score (nSPS) is 11.5. The lowest BCUT2D eigenvalue weighted by Crippen LogP contribution is -2.18. The van der Waals surface area contributed by atoms with Crippen LogP contribution in [0.4, 0.5) is 11.4 Å². The summed E-state index contributed by atoms with van der Waals surface area (Å²) in [6.45, 7) is 7.72. The maximum Gasteiger partial charge on any atom is 0.255 e. The molecule has 154 valence electrons. The molecule has 2 aromatic rings. The third kappa shape index (κ3) is 5.48. The summed E-state index contributed by atoms with van der Waals surface area (Å²) in [5.41, 5.74) is 2.56. The molecular weight excluding hydrogens is 390 g/mol. The van der Waals surface area contributed by atoms with Crippen LogP contribution >= 0.6 is 0 Å². The molecule has 0 fully saturated rings. The van der Waals surface area contributed by atoms with E-state index in [1.807, 2.05) is 20.8 Å². The van der Waals surface area contributed by atoms with E-state index in [9.17, 15) is 18.5 Å². The van der Waals surface area contributed by atoms with Crippen LogP contribution in [-0.4, -0.2) is 27.7 Å². The Morgan fingerprint density at radius 1 is 1.14 bits per heavy atom. The van der Waals surface area contributed by atoms with Crippen molar-refractivity contribution < 1.29 is 17.9 Å². The molecule has 0 bridgehead atoms. The van der Waals surface area contributed by atoms with Gasteiger partial charge in [0.1, 0.15) is 0 Å². The summed E-state index contributed by atoms with van der Waals surface area (Å²) in [5, 5.41) is 12.0. The largest absolute Gasteiger partial charge is 0.492 e. The second-order valence-corrected chi connectivity index (χ2v) is 9.57. The summed E-state index contributed by atoms with van der Waals surface area (Å²) in [7, 11) is -2.16. The first-order valence-electron chi connectivity index (χ1n) is 8.88. The van der Waals surface area contributed by atoms with Crippen molar-refractivity contribution in [2.24, 2.45) is 0 Å². The molecule has 29 heavy (non-hydrogen) atoms. The molecule has 0 aromatic heterocycles. The minimum Gasteiger partial charge on any atom is -0.492 e. The van der Waals surface area contributed by atoms with E-state index in [0.29, 0.717) is 16.8 Å². The Morgan fingerprint density at radius 3 is 2.28 bits per heavy atom. The fourth-order valence-corrected chi connectivity index (χ4v) is 3.28. The molecule has 2 aromatic carbocycles. The van der Waals surface area contributed by atoms with Gasteiger partial charge in [0.05, 0.1) is 36.4 Å². The number of nitrogens with zero attached hydrogens (tertiary/aromatic N) is 1. The molecule has 7 nitrogen and oxygen atoms in total. The molecular formula is C21H25N3O4S. The number of nitrogens with one attached hydrogen (secondary N) is 2. The van der Waals surface area contributed by atoms with Gasteiger partial charge < -0.3 is 10.1 Å². The van der Waals surface area contributed by atoms with Crippen LogP contribution in [0.1, 0.15) is 47.8 Å². The summed E-state index contributed by atoms with van der Waals surface area (Å²) in [4.78, 5) is 12.8. The fourth-order valence-electron chi connectivity index (χ4n) is 2.73. The molecule has 0 saturated carbocycles. The number of ether oxygens (including phenoxy) is 1. The number of benzene rings is 2. The lowest BCUT2D eigenvalue weighted by Gasteiger charge is -2.24. The van der Waals surface area contributed by atoms with Crippen LogP contribution in [0.2, 0.25) is 0 Å². The van der Waals surface area contributed by atoms with Gasteiger partial charge in [-0.15, -0.1) is 0 Å². The third-order valence-corrected chi connectivity index (χ3v) is 4.91. The highest BCUT2D eigenvalue weighted by Crippen LogP contribution is 2.39. The highest BCUT2D eigenvalue weighted by Gasteiger charge is 2.22. The van der Waals surface area contributed by atoms with Gasteiger partial charge in [-0.2, -0.15) is 5.26 Å². The molecule has 0 aliphatic carbocycles. The van der Waals surface area contributed by atoms with Crippen molar-refractivity contribution in [2.45, 2.75) is 33.1 Å². The predicted octanol–water partition coefficient (Wildman–Crippen LogP) is 3.80. The van der Waals surface area contributed by atoms with Crippen LogP contribution in [0, 0.1) is 18.3 Å². The van der Waals surface area contributed by atoms with Crippen molar-refractivity contribution in [3.05, 3.63) is 52.6 Å². The number of amides is 1. The molecule has 0 aliphatic heterocycles. The number of carbonyl (C=O) groups is 1. The van der Waals surface area contributed by atoms with Crippen molar-refractivity contribution in [1.29, 1.82) is 5.26 Å². The number of carbonyl (C=O) groups excluding carboxylic acids is 1. The van der Waals surface area contributed by atoms with Gasteiger partial charge in [-0.25, -0.2) is 8.42 Å². The third-order valence-electron chi connectivity index (χ3n) is 4.32. The molecule has 2 N–H and O–H groups in total. The van der Waals surface area contributed by atoms with Gasteiger partial charge in [0.15, 0.2) is 5.75 Å². The SMILES string of the molecule is COc1c(NC(=O)c2ccc(C)c(C#N)c2)cc(C(C)(C)C)cc1NS(C)(=O)=O. The second kappa shape index (κ2) is 8.13. The zero-order valence-corrected chi connectivity index (χ0v) is 18.2. The average Bonchev–Trinajstić information content (AvgIpc) is 2.59. The van der Waals surface area contributed by atoms with E-state index >= 15 is 0 Å². The zero-order valence-electron chi connectivity index (χ0n) is 17.4. The molecule has 2 rings (SSSR count). The number of rotatable bonds is 5. The Bertz CT molecular complexity index is 1090. The Labute approximate surface area is 171 Å². The van der Waals surface area contributed by atoms with Gasteiger partial charge in [0, 0.05) is 5.56 Å². The summed E-state index contributed by atoms with van der Waals surface area (Å²) in [6, 6.07) is 10.3. The van der Waals surface area contributed by atoms with E-state index in [1.165, 1.54) is 13.2 Å². The summed E-state index contributed by atoms with van der Waals surface area (Å²) in [6.07, 6.45) is 1.05. The molecule has 0 atom stereocenters. The van der Waals surface area contributed by atoms with Crippen LogP contribution in [0.15, 0.2) is 30.3 Å². The Balaban J connectivity index is 2.57. The lowest BCUT2D eigenvalue weighted by molar-refractivity contribution is 0.102. The van der Waals surface area contributed by atoms with Crippen LogP contribution in [0.25, 0.3) is 0 Å². The maximum atomic E-state index is 12.8. The Hall–Kier alpha value is -3.05. The first-order chi connectivity index (χ1) is 13.4. The number of nitriles is 1. The van der Waals surface area contributed by atoms with E-state index in [-0.39, 0.29) is 16.9 Å². The number of hydrogen-bond acceptors (Lipinski definition) is 5. The van der Waals surface area contributed by atoms with Gasteiger partial charge in [-0.1, -0.05) is 26.8 Å². The van der Waals surface area contributed by atoms with E-state index in [4.69, 9.17) is 4.74 Å². The molecule has 0 spiro atoms. The minimum atomic E-state index is -3.56. The van der Waals surface area contributed by atoms with Crippen LogP contribution in [0.3, 0.4) is 0 Å². The topological polar surface area (TPSA) is 108 Å². The molecule has 0 heterocycles. The van der Waals surface area contributed by atoms with E-state index < -0.39 is 15.9 Å². The van der Waals surface area contributed by atoms with Gasteiger partial charge in [0.25, 0.3) is 5.91 Å². The van der Waals surface area contributed by atoms with Crippen molar-refractivity contribution in [3.8, 4) is 11.8 Å². The standard InChI is InChI=1S/C21H25N3O4S/c1-13-7-8-14(9-15(13)12-22)20(25)23-17-10-16(21(2,3)4)11-18(19(17)28-5)24-29(6,26)27/h7-11,24H,1-6H3,(H,23,25). The highest BCUT2D eigenvalue weighted by molar-refractivity contribution is 7.92. The maximum absolute atomic E-state index is 12.8. The smallest absolute Gasteiger partial charge is 0.255 e. The van der Waals surface area contributed by atoms with Crippen molar-refractivity contribution >= 4 is 27.3 Å². The van der Waals surface area contributed by atoms with Gasteiger partial charge in [-0.05, 0) is 47.7 Å². The monoisotopic (exact) mass is 415 g/mol. The number of sulfonamides is 1. The highest BCUT2D eigenvalue weighted by atomic mass is 32.2. The molecule has 0 unspecified atom stereocenters. The minimum absolute atomic E-state index is 0.199. The molecule has 0 aliphatic rings. The summed E-state index contributed by atoms with van der Waals surface area (Å²) >= 11 is 0. The van der Waals surface area contributed by atoms with Crippen LogP contribution in [-0.2, 0) is 15.4 Å². The van der Waals surface area contributed by atoms with E-state index in [1.54, 1.807) is 31.2 Å². The van der Waals surface area contributed by atoms with Crippen molar-refractivity contribution in [2.75, 3.05) is 23.4 Å². The zero-order chi connectivity index (χ0) is 22.0. The number of aryl methyl sites for hydroxylation is 1. The van der Waals surface area contributed by atoms with Gasteiger partial charge >= 0.3 is 0 Å². The van der Waals surface area contributed by atoms with E-state index in [2.05, 4.69) is 16.1 Å². The van der Waals surface area contributed by atoms with Crippen molar-refractivity contribution in [1.82, 2.24) is 0 Å². The van der Waals surface area contributed by atoms with Crippen LogP contribution in [0.5, 0.6) is 5.75 Å². The summed E-state index contributed by atoms with van der Waals surface area (Å²) in [5.74, 6) is -0.236. The quantitative estimate of drug-likeness (QED) is 0.772. The summed E-state index contributed by atoms with van der Waals surface area (Å²) < 4.78 is 31.4. The van der Waals surface area contributed by atoms with Crippen LogP contribution < -0.4 is 14.8 Å². The van der Waals surface area contributed by atoms with Gasteiger partial charge in [0.2, 0.25) is 10.0 Å². The predicted molar refractivity (Wildman–Crippen MR) is 114 cm³/mol. The van der Waals surface area contributed by atoms with Crippen molar-refractivity contribution in [3.63, 3.8) is 0 Å². The Morgan fingerprint density at radius 2 is 1.76 bits per heavy atom. The molecule has 0 radical (unpaired) electrons. The molecule has 0 saturated heterocycles. The molecule has 1 amide bonds. The first-order valence-corrected chi connectivity index (χ1v) is 10.8. The molecule has 8 heteroatoms. The average molecular weight is 416 g/mol. The number of hydrogen-bond donors (Lipinski definition) is 2. The first kappa shape index (κ1) is 22.2. The number of methoxy groups -OCH3 is 1. The lowest BCUT2D eigenvalue weighted by atomic mass is 9.86. The second-order valence-electron chi connectivity index (χ2n) is 7.82. The van der Waals surface area contributed by atoms with E-state index in [0.717, 1.165) is 17.4 Å². The number of anilines is 2. The van der Waals surface area contributed by atoms with Gasteiger partial charge in [-0.3, -0.25) is 9.52 Å².